The van der Waals surface area contributed by atoms with Crippen molar-refractivity contribution in [1.29, 1.82) is 0 Å². The van der Waals surface area contributed by atoms with Crippen molar-refractivity contribution in [3.63, 3.8) is 0 Å². The molecule has 1 aromatic carbocycles. The van der Waals surface area contributed by atoms with Crippen LogP contribution in [0.4, 0.5) is 0 Å². The molecule has 2 saturated heterocycles. The number of aliphatic hydroxyl groups is 1. The zero-order valence-corrected chi connectivity index (χ0v) is 16.4. The van der Waals surface area contributed by atoms with E-state index in [0.29, 0.717) is 23.2 Å². The molecule has 2 aliphatic heterocycles. The topological polar surface area (TPSA) is 86.9 Å². The number of sulfone groups is 1. The summed E-state index contributed by atoms with van der Waals surface area (Å²) in [6, 6.07) is 7.17. The van der Waals surface area contributed by atoms with Crippen LogP contribution in [-0.2, 0) is 16.4 Å². The Kier molecular flexibility index (Phi) is 5.26. The van der Waals surface area contributed by atoms with Crippen LogP contribution in [0.3, 0.4) is 0 Å². The number of aromatic nitrogens is 1. The van der Waals surface area contributed by atoms with Crippen LogP contribution < -0.4 is 0 Å². The lowest BCUT2D eigenvalue weighted by Crippen LogP contribution is -2.53. The van der Waals surface area contributed by atoms with Crippen molar-refractivity contribution < 1.29 is 17.9 Å². The Labute approximate surface area is 163 Å². The van der Waals surface area contributed by atoms with E-state index in [-0.39, 0.29) is 17.5 Å². The molecule has 2 fully saturated rings. The average molecular weight is 412 g/mol. The molecule has 2 aromatic rings. The molecule has 1 N–H and O–H groups in total. The van der Waals surface area contributed by atoms with Gasteiger partial charge in [-0.2, -0.15) is 0 Å². The molecule has 2 unspecified atom stereocenters. The van der Waals surface area contributed by atoms with E-state index in [1.165, 1.54) is 0 Å². The van der Waals surface area contributed by atoms with Gasteiger partial charge in [-0.1, -0.05) is 23.7 Å². The van der Waals surface area contributed by atoms with Gasteiger partial charge in [0, 0.05) is 36.8 Å². The Morgan fingerprint density at radius 1 is 1.22 bits per heavy atom. The molecule has 0 aliphatic carbocycles. The molecule has 0 radical (unpaired) electrons. The summed E-state index contributed by atoms with van der Waals surface area (Å²) in [6.07, 6.45) is 0.922. The van der Waals surface area contributed by atoms with Gasteiger partial charge in [0.15, 0.2) is 15.6 Å². The highest BCUT2D eigenvalue weighted by Crippen LogP contribution is 2.24. The van der Waals surface area contributed by atoms with Gasteiger partial charge in [0.2, 0.25) is 5.89 Å². The first-order valence-corrected chi connectivity index (χ1v) is 11.2. The highest BCUT2D eigenvalue weighted by Gasteiger charge is 2.40. The number of piperazine rings is 1. The minimum atomic E-state index is -3.12. The Morgan fingerprint density at radius 2 is 2.00 bits per heavy atom. The molecule has 2 aliphatic rings. The minimum Gasteiger partial charge on any atom is -0.439 e. The van der Waals surface area contributed by atoms with E-state index in [4.69, 9.17) is 16.0 Å². The zero-order valence-electron chi connectivity index (χ0n) is 14.8. The lowest BCUT2D eigenvalue weighted by atomic mass is 10.1. The van der Waals surface area contributed by atoms with Gasteiger partial charge in [0.25, 0.3) is 0 Å². The van der Waals surface area contributed by atoms with Crippen LogP contribution in [0.25, 0.3) is 11.3 Å². The molecule has 7 nitrogen and oxygen atoms in total. The average Bonchev–Trinajstić information content (AvgIpc) is 3.19. The summed E-state index contributed by atoms with van der Waals surface area (Å²) in [5.74, 6) is 1.25. The van der Waals surface area contributed by atoms with Crippen molar-refractivity contribution >= 4 is 21.4 Å². The second-order valence-electron chi connectivity index (χ2n) is 7.15. The summed E-state index contributed by atoms with van der Waals surface area (Å²) in [7, 11) is -3.12. The number of hydrogen-bond donors (Lipinski definition) is 1. The third kappa shape index (κ3) is 4.35. The van der Waals surface area contributed by atoms with Crippen LogP contribution in [0.5, 0.6) is 0 Å². The maximum Gasteiger partial charge on any atom is 0.209 e. The highest BCUT2D eigenvalue weighted by molar-refractivity contribution is 7.91. The molecule has 2 atom stereocenters. The number of nitrogens with zero attached hydrogens (tertiary/aromatic N) is 3. The van der Waals surface area contributed by atoms with Crippen molar-refractivity contribution in [2.75, 3.05) is 37.7 Å². The first kappa shape index (κ1) is 18.9. The summed E-state index contributed by atoms with van der Waals surface area (Å²) in [5, 5.41) is 10.7. The van der Waals surface area contributed by atoms with Crippen LogP contribution in [0.15, 0.2) is 34.9 Å². The summed E-state index contributed by atoms with van der Waals surface area (Å²) < 4.78 is 29.3. The van der Waals surface area contributed by atoms with Crippen LogP contribution in [0.1, 0.15) is 5.89 Å². The molecule has 3 heterocycles. The van der Waals surface area contributed by atoms with Gasteiger partial charge in [-0.05, 0) is 12.1 Å². The predicted octanol–water partition coefficient (Wildman–Crippen LogP) is 1.27. The first-order valence-electron chi connectivity index (χ1n) is 8.95. The van der Waals surface area contributed by atoms with E-state index < -0.39 is 15.9 Å². The number of rotatable bonds is 4. The molecule has 0 saturated carbocycles. The van der Waals surface area contributed by atoms with Gasteiger partial charge in [0.1, 0.15) is 0 Å². The molecule has 146 valence electrons. The van der Waals surface area contributed by atoms with E-state index in [1.807, 2.05) is 24.3 Å². The number of benzene rings is 1. The smallest absolute Gasteiger partial charge is 0.209 e. The Bertz CT molecular complexity index is 909. The largest absolute Gasteiger partial charge is 0.439 e. The second-order valence-corrected chi connectivity index (χ2v) is 9.74. The van der Waals surface area contributed by atoms with Crippen molar-refractivity contribution in [2.24, 2.45) is 0 Å². The van der Waals surface area contributed by atoms with Crippen LogP contribution in [-0.4, -0.2) is 78.1 Å². The second kappa shape index (κ2) is 7.52. The van der Waals surface area contributed by atoms with E-state index in [1.54, 1.807) is 6.20 Å². The van der Waals surface area contributed by atoms with Crippen molar-refractivity contribution in [2.45, 2.75) is 18.7 Å². The molecule has 0 spiro atoms. The normalized spacial score (nSPS) is 26.4. The van der Waals surface area contributed by atoms with Crippen LogP contribution in [0.2, 0.25) is 5.02 Å². The maximum absolute atomic E-state index is 11.7. The number of aliphatic hydroxyl groups excluding tert-OH is 1. The highest BCUT2D eigenvalue weighted by atomic mass is 35.5. The third-order valence-corrected chi connectivity index (χ3v) is 7.12. The van der Waals surface area contributed by atoms with E-state index >= 15 is 0 Å². The lowest BCUT2D eigenvalue weighted by molar-refractivity contribution is 0.0402. The summed E-state index contributed by atoms with van der Waals surface area (Å²) in [6.45, 7) is 3.59. The molecule has 27 heavy (non-hydrogen) atoms. The van der Waals surface area contributed by atoms with Crippen LogP contribution >= 0.6 is 11.6 Å². The fraction of sp³-hybridized carbons (Fsp3) is 0.500. The molecule has 4 rings (SSSR count). The molecule has 1 aromatic heterocycles. The number of hydrogen-bond acceptors (Lipinski definition) is 7. The third-order valence-electron chi connectivity index (χ3n) is 5.19. The fourth-order valence-corrected chi connectivity index (χ4v) is 5.78. The predicted molar refractivity (Wildman–Crippen MR) is 102 cm³/mol. The Balaban J connectivity index is 1.34. The Morgan fingerprint density at radius 3 is 2.67 bits per heavy atom. The lowest BCUT2D eigenvalue weighted by Gasteiger charge is -2.38. The van der Waals surface area contributed by atoms with E-state index in [0.717, 1.165) is 31.7 Å². The standard InChI is InChI=1S/C18H22ClN3O4S/c19-14-3-1-2-13(8-14)17-9-20-18(26-17)10-21-4-6-22(7-5-21)15-11-27(24,25)12-16(15)23/h1-3,8-9,15-16,23H,4-7,10-12H2. The van der Waals surface area contributed by atoms with Gasteiger partial charge in [-0.15, -0.1) is 0 Å². The first-order chi connectivity index (χ1) is 12.9. The van der Waals surface area contributed by atoms with E-state index in [9.17, 15) is 13.5 Å². The number of oxazole rings is 1. The summed E-state index contributed by atoms with van der Waals surface area (Å²) in [4.78, 5) is 8.66. The zero-order chi connectivity index (χ0) is 19.0. The Hall–Kier alpha value is -1.45. The summed E-state index contributed by atoms with van der Waals surface area (Å²) >= 11 is 6.02. The maximum atomic E-state index is 11.7. The van der Waals surface area contributed by atoms with Crippen molar-refractivity contribution in [3.05, 3.63) is 41.4 Å². The van der Waals surface area contributed by atoms with Crippen molar-refractivity contribution in [1.82, 2.24) is 14.8 Å². The minimum absolute atomic E-state index is 0.0525. The van der Waals surface area contributed by atoms with Gasteiger partial charge in [-0.3, -0.25) is 9.80 Å². The van der Waals surface area contributed by atoms with Gasteiger partial charge in [-0.25, -0.2) is 13.4 Å². The van der Waals surface area contributed by atoms with Gasteiger partial charge >= 0.3 is 0 Å². The van der Waals surface area contributed by atoms with Gasteiger partial charge in [0.05, 0.1) is 36.4 Å². The quantitative estimate of drug-likeness (QED) is 0.810. The van der Waals surface area contributed by atoms with Gasteiger partial charge < -0.3 is 9.52 Å². The molecular weight excluding hydrogens is 390 g/mol. The molecular formula is C18H22ClN3O4S. The number of halogens is 1. The van der Waals surface area contributed by atoms with Crippen molar-refractivity contribution in [3.8, 4) is 11.3 Å². The molecule has 9 heteroatoms. The molecule has 0 bridgehead atoms. The van der Waals surface area contributed by atoms with Crippen LogP contribution in [0, 0.1) is 0 Å². The summed E-state index contributed by atoms with van der Waals surface area (Å²) in [5.41, 5.74) is 0.891. The monoisotopic (exact) mass is 411 g/mol. The SMILES string of the molecule is O=S1(=O)CC(O)C(N2CCN(Cc3ncc(-c4cccc(Cl)c4)o3)CC2)C1. The van der Waals surface area contributed by atoms with E-state index in [2.05, 4.69) is 14.8 Å². The molecule has 0 amide bonds. The fourth-order valence-electron chi connectivity index (χ4n) is 3.76.